The molecule has 2 atom stereocenters. The first-order valence-electron chi connectivity index (χ1n) is 6.22. The van der Waals surface area contributed by atoms with Crippen LogP contribution in [-0.2, 0) is 4.74 Å². The average Bonchev–Trinajstić information content (AvgIpc) is 2.84. The molecule has 2 heterocycles. The maximum Gasteiger partial charge on any atom is 0.255 e. The van der Waals surface area contributed by atoms with Crippen LogP contribution in [0.2, 0.25) is 0 Å². The number of amides is 1. The molecule has 1 amide bonds. The van der Waals surface area contributed by atoms with E-state index in [1.807, 2.05) is 0 Å². The monoisotopic (exact) mass is 252 g/mol. The zero-order valence-electron chi connectivity index (χ0n) is 10.4. The lowest BCUT2D eigenvalue weighted by atomic mass is 9.99. The first-order valence-corrected chi connectivity index (χ1v) is 6.22. The van der Waals surface area contributed by atoms with Crippen LogP contribution in [-0.4, -0.2) is 30.1 Å². The topological polar surface area (TPSA) is 51.2 Å². The van der Waals surface area contributed by atoms with Gasteiger partial charge in [0.05, 0.1) is 11.7 Å². The van der Waals surface area contributed by atoms with Gasteiger partial charge in [0.25, 0.3) is 5.91 Å². The molecule has 1 aliphatic heterocycles. The standard InChI is InChI=1S/C13H17FN2O2/c1-2-11-9(5-7-18-11)8-16-13(17)10-4-3-6-15-12(10)14/h3-4,6,9,11H,2,5,7-8H2,1H3,(H,16,17). The van der Waals surface area contributed by atoms with Crippen molar-refractivity contribution in [1.82, 2.24) is 10.3 Å². The minimum absolute atomic E-state index is 0.00976. The van der Waals surface area contributed by atoms with Crippen LogP contribution in [0.15, 0.2) is 18.3 Å². The lowest BCUT2D eigenvalue weighted by Crippen LogP contribution is -2.33. The molecule has 0 spiro atoms. The van der Waals surface area contributed by atoms with Crippen molar-refractivity contribution in [2.75, 3.05) is 13.2 Å². The maximum atomic E-state index is 13.3. The second-order valence-electron chi connectivity index (χ2n) is 4.42. The number of nitrogens with zero attached hydrogens (tertiary/aromatic N) is 1. The number of hydrogen-bond acceptors (Lipinski definition) is 3. The van der Waals surface area contributed by atoms with Crippen LogP contribution < -0.4 is 5.32 Å². The van der Waals surface area contributed by atoms with Gasteiger partial charge >= 0.3 is 0 Å². The molecule has 0 radical (unpaired) electrons. The third kappa shape index (κ3) is 2.85. The number of aromatic nitrogens is 1. The van der Waals surface area contributed by atoms with Gasteiger partial charge in [-0.3, -0.25) is 4.79 Å². The van der Waals surface area contributed by atoms with Crippen molar-refractivity contribution in [3.8, 4) is 0 Å². The second kappa shape index (κ2) is 5.91. The summed E-state index contributed by atoms with van der Waals surface area (Å²) < 4.78 is 18.8. The van der Waals surface area contributed by atoms with Crippen LogP contribution in [0.3, 0.4) is 0 Å². The van der Waals surface area contributed by atoms with E-state index in [0.29, 0.717) is 12.5 Å². The molecule has 0 aliphatic carbocycles. The number of ether oxygens (including phenoxy) is 1. The fourth-order valence-electron chi connectivity index (χ4n) is 2.25. The Morgan fingerprint density at radius 3 is 3.22 bits per heavy atom. The molecule has 4 nitrogen and oxygen atoms in total. The number of carbonyl (C=O) groups is 1. The van der Waals surface area contributed by atoms with Crippen LogP contribution in [0.4, 0.5) is 4.39 Å². The van der Waals surface area contributed by atoms with Crippen molar-refractivity contribution in [2.45, 2.75) is 25.9 Å². The Bertz CT molecular complexity index is 425. The smallest absolute Gasteiger partial charge is 0.255 e. The Labute approximate surface area is 106 Å². The van der Waals surface area contributed by atoms with E-state index in [9.17, 15) is 9.18 Å². The normalized spacial score (nSPS) is 23.0. The molecule has 1 N–H and O–H groups in total. The van der Waals surface area contributed by atoms with Crippen molar-refractivity contribution >= 4 is 5.91 Å². The molecule has 1 saturated heterocycles. The molecule has 2 unspecified atom stereocenters. The lowest BCUT2D eigenvalue weighted by Gasteiger charge is -2.17. The van der Waals surface area contributed by atoms with Crippen molar-refractivity contribution < 1.29 is 13.9 Å². The predicted octanol–water partition coefficient (Wildman–Crippen LogP) is 1.77. The van der Waals surface area contributed by atoms with Crippen LogP contribution in [0.1, 0.15) is 30.1 Å². The molecule has 18 heavy (non-hydrogen) atoms. The summed E-state index contributed by atoms with van der Waals surface area (Å²) in [4.78, 5) is 15.2. The summed E-state index contributed by atoms with van der Waals surface area (Å²) in [5.41, 5.74) is -0.00976. The van der Waals surface area contributed by atoms with Gasteiger partial charge in [-0.05, 0) is 25.0 Å². The molecular weight excluding hydrogens is 235 g/mol. The zero-order valence-corrected chi connectivity index (χ0v) is 10.4. The minimum Gasteiger partial charge on any atom is -0.378 e. The fourth-order valence-corrected chi connectivity index (χ4v) is 2.25. The van der Waals surface area contributed by atoms with E-state index in [1.165, 1.54) is 12.3 Å². The molecule has 1 fully saturated rings. The van der Waals surface area contributed by atoms with Gasteiger partial charge in [-0.1, -0.05) is 6.92 Å². The summed E-state index contributed by atoms with van der Waals surface area (Å²) in [7, 11) is 0. The lowest BCUT2D eigenvalue weighted by molar-refractivity contribution is 0.0825. The third-order valence-electron chi connectivity index (χ3n) is 3.28. The molecule has 1 aromatic heterocycles. The molecular formula is C13H17FN2O2. The van der Waals surface area contributed by atoms with Crippen molar-refractivity contribution in [3.05, 3.63) is 29.8 Å². The number of halogens is 1. The SMILES string of the molecule is CCC1OCCC1CNC(=O)c1cccnc1F. The van der Waals surface area contributed by atoms with Crippen LogP contribution >= 0.6 is 0 Å². The third-order valence-corrected chi connectivity index (χ3v) is 3.28. The van der Waals surface area contributed by atoms with Crippen LogP contribution in [0.25, 0.3) is 0 Å². The Kier molecular flexibility index (Phi) is 4.25. The number of nitrogens with one attached hydrogen (secondary N) is 1. The largest absolute Gasteiger partial charge is 0.378 e. The van der Waals surface area contributed by atoms with E-state index in [4.69, 9.17) is 4.74 Å². The number of hydrogen-bond donors (Lipinski definition) is 1. The highest BCUT2D eigenvalue weighted by molar-refractivity contribution is 5.94. The average molecular weight is 252 g/mol. The van der Waals surface area contributed by atoms with Gasteiger partial charge in [-0.25, -0.2) is 4.98 Å². The Morgan fingerprint density at radius 1 is 1.67 bits per heavy atom. The van der Waals surface area contributed by atoms with Crippen molar-refractivity contribution in [1.29, 1.82) is 0 Å². The number of pyridine rings is 1. The van der Waals surface area contributed by atoms with Gasteiger partial charge in [0.15, 0.2) is 0 Å². The highest BCUT2D eigenvalue weighted by Crippen LogP contribution is 2.22. The van der Waals surface area contributed by atoms with Gasteiger partial charge in [-0.2, -0.15) is 4.39 Å². The first kappa shape index (κ1) is 13.0. The molecule has 98 valence electrons. The summed E-state index contributed by atoms with van der Waals surface area (Å²) in [5, 5.41) is 2.75. The molecule has 2 rings (SSSR count). The predicted molar refractivity (Wildman–Crippen MR) is 64.7 cm³/mol. The van der Waals surface area contributed by atoms with Gasteiger partial charge in [0, 0.05) is 25.3 Å². The first-order chi connectivity index (χ1) is 8.72. The quantitative estimate of drug-likeness (QED) is 0.831. The second-order valence-corrected chi connectivity index (χ2v) is 4.42. The van der Waals surface area contributed by atoms with Crippen LogP contribution in [0, 0.1) is 11.9 Å². The zero-order chi connectivity index (χ0) is 13.0. The van der Waals surface area contributed by atoms with E-state index in [-0.39, 0.29) is 11.7 Å². The van der Waals surface area contributed by atoms with Gasteiger partial charge in [0.2, 0.25) is 5.95 Å². The molecule has 0 saturated carbocycles. The van der Waals surface area contributed by atoms with Gasteiger partial charge < -0.3 is 10.1 Å². The molecule has 1 aromatic rings. The Hall–Kier alpha value is -1.49. The summed E-state index contributed by atoms with van der Waals surface area (Å²) in [6, 6.07) is 2.98. The molecule has 1 aliphatic rings. The van der Waals surface area contributed by atoms with E-state index in [0.717, 1.165) is 19.4 Å². The fraction of sp³-hybridized carbons (Fsp3) is 0.538. The van der Waals surface area contributed by atoms with E-state index in [2.05, 4.69) is 17.2 Å². The molecule has 0 bridgehead atoms. The van der Waals surface area contributed by atoms with Gasteiger partial charge in [0.1, 0.15) is 0 Å². The van der Waals surface area contributed by atoms with Crippen molar-refractivity contribution in [2.24, 2.45) is 5.92 Å². The van der Waals surface area contributed by atoms with E-state index in [1.54, 1.807) is 6.07 Å². The van der Waals surface area contributed by atoms with E-state index < -0.39 is 11.9 Å². The number of rotatable bonds is 4. The van der Waals surface area contributed by atoms with E-state index >= 15 is 0 Å². The number of carbonyl (C=O) groups excluding carboxylic acids is 1. The van der Waals surface area contributed by atoms with Gasteiger partial charge in [-0.15, -0.1) is 0 Å². The maximum absolute atomic E-state index is 13.3. The molecule has 0 aromatic carbocycles. The summed E-state index contributed by atoms with van der Waals surface area (Å²) in [6.07, 6.45) is 3.39. The highest BCUT2D eigenvalue weighted by Gasteiger charge is 2.27. The summed E-state index contributed by atoms with van der Waals surface area (Å²) >= 11 is 0. The Morgan fingerprint density at radius 2 is 2.50 bits per heavy atom. The molecule has 5 heteroatoms. The van der Waals surface area contributed by atoms with Crippen molar-refractivity contribution in [3.63, 3.8) is 0 Å². The highest BCUT2D eigenvalue weighted by atomic mass is 19.1. The summed E-state index contributed by atoms with van der Waals surface area (Å²) in [5.74, 6) is -0.828. The summed E-state index contributed by atoms with van der Waals surface area (Å²) in [6.45, 7) is 3.32. The minimum atomic E-state index is -0.732. The Balaban J connectivity index is 1.91. The van der Waals surface area contributed by atoms with Crippen LogP contribution in [0.5, 0.6) is 0 Å².